The summed E-state index contributed by atoms with van der Waals surface area (Å²) < 4.78 is 19.3. The Bertz CT molecular complexity index is 851. The highest BCUT2D eigenvalue weighted by Crippen LogP contribution is 2.50. The number of benzene rings is 1. The number of likely N-dealkylation sites (tertiary alicyclic amines) is 1. The minimum absolute atomic E-state index is 0.00815. The smallest absolute Gasteiger partial charge is 0.234 e. The van der Waals surface area contributed by atoms with Gasteiger partial charge in [0.1, 0.15) is 5.82 Å². The van der Waals surface area contributed by atoms with E-state index in [9.17, 15) is 14.0 Å². The zero-order valence-corrected chi connectivity index (χ0v) is 14.3. The van der Waals surface area contributed by atoms with E-state index in [1.165, 1.54) is 6.07 Å². The molecule has 1 aromatic carbocycles. The van der Waals surface area contributed by atoms with E-state index < -0.39 is 5.41 Å². The van der Waals surface area contributed by atoms with Crippen molar-refractivity contribution in [2.75, 3.05) is 13.1 Å². The molecule has 0 unspecified atom stereocenters. The highest BCUT2D eigenvalue weighted by atomic mass is 19.1. The quantitative estimate of drug-likeness (QED) is 0.909. The first kappa shape index (κ1) is 16.8. The van der Waals surface area contributed by atoms with Gasteiger partial charge in [0.15, 0.2) is 5.76 Å². The van der Waals surface area contributed by atoms with Gasteiger partial charge < -0.3 is 15.2 Å². The van der Waals surface area contributed by atoms with Crippen molar-refractivity contribution in [3.05, 3.63) is 41.8 Å². The molecule has 1 aliphatic carbocycles. The lowest BCUT2D eigenvalue weighted by atomic mass is 9.93. The molecule has 136 valence electrons. The number of primary amides is 1. The third-order valence-corrected chi connectivity index (χ3v) is 5.48. The van der Waals surface area contributed by atoms with Gasteiger partial charge in [0.05, 0.1) is 16.7 Å². The predicted octanol–water partition coefficient (Wildman–Crippen LogP) is 2.24. The molecule has 2 N–H and O–H groups in total. The van der Waals surface area contributed by atoms with Crippen molar-refractivity contribution >= 4 is 11.8 Å². The molecule has 0 radical (unpaired) electrons. The minimum atomic E-state index is -0.674. The molecule has 0 bridgehead atoms. The second-order valence-corrected chi connectivity index (χ2v) is 7.11. The van der Waals surface area contributed by atoms with Crippen LogP contribution in [0.1, 0.15) is 31.4 Å². The highest BCUT2D eigenvalue weighted by Gasteiger charge is 2.55. The lowest BCUT2D eigenvalue weighted by Gasteiger charge is -2.32. The summed E-state index contributed by atoms with van der Waals surface area (Å²) >= 11 is 0. The van der Waals surface area contributed by atoms with Crippen LogP contribution in [-0.4, -0.2) is 35.0 Å². The standard InChI is InChI=1S/C19H20FN3O3/c20-14-4-2-1-3-13(14)15-11-16(22-26-15)19(7-8-19)18(25)23-9-5-12(6-10-23)17(21)24/h1-4,11-12H,5-10H2,(H2,21,24). The van der Waals surface area contributed by atoms with Crippen LogP contribution in [0.2, 0.25) is 0 Å². The Balaban J connectivity index is 1.52. The first-order valence-electron chi connectivity index (χ1n) is 8.82. The van der Waals surface area contributed by atoms with Crippen LogP contribution >= 0.6 is 0 Å². The molecule has 2 aromatic rings. The number of carbonyl (C=O) groups excluding carboxylic acids is 2. The maximum atomic E-state index is 13.9. The number of piperidine rings is 1. The molecule has 1 saturated heterocycles. The summed E-state index contributed by atoms with van der Waals surface area (Å²) in [4.78, 5) is 26.1. The number of nitrogens with two attached hydrogens (primary N) is 1. The average molecular weight is 357 g/mol. The van der Waals surface area contributed by atoms with E-state index in [-0.39, 0.29) is 23.5 Å². The van der Waals surface area contributed by atoms with E-state index in [1.807, 2.05) is 0 Å². The SMILES string of the molecule is NC(=O)C1CCN(C(=O)C2(c3cc(-c4ccccc4F)on3)CC2)CC1. The van der Waals surface area contributed by atoms with Crippen LogP contribution in [0.3, 0.4) is 0 Å². The fraction of sp³-hybridized carbons (Fsp3) is 0.421. The number of hydrogen-bond acceptors (Lipinski definition) is 4. The molecule has 6 nitrogen and oxygen atoms in total. The van der Waals surface area contributed by atoms with E-state index in [0.717, 1.165) is 0 Å². The predicted molar refractivity (Wildman–Crippen MR) is 91.3 cm³/mol. The second-order valence-electron chi connectivity index (χ2n) is 7.11. The van der Waals surface area contributed by atoms with Crippen molar-refractivity contribution in [2.24, 2.45) is 11.7 Å². The largest absolute Gasteiger partial charge is 0.369 e. The van der Waals surface area contributed by atoms with Gasteiger partial charge in [-0.2, -0.15) is 0 Å². The number of hydrogen-bond donors (Lipinski definition) is 1. The minimum Gasteiger partial charge on any atom is -0.369 e. The van der Waals surface area contributed by atoms with Crippen LogP contribution in [0.4, 0.5) is 4.39 Å². The summed E-state index contributed by atoms with van der Waals surface area (Å²) in [6.07, 6.45) is 2.59. The van der Waals surface area contributed by atoms with Crippen LogP contribution < -0.4 is 5.73 Å². The first-order valence-corrected chi connectivity index (χ1v) is 8.82. The molecule has 2 amide bonds. The summed E-state index contributed by atoms with van der Waals surface area (Å²) in [5.41, 5.74) is 5.56. The van der Waals surface area contributed by atoms with Gasteiger partial charge in [-0.05, 0) is 37.8 Å². The van der Waals surface area contributed by atoms with Gasteiger partial charge in [0.2, 0.25) is 11.8 Å². The molecule has 1 saturated carbocycles. The normalized spacial score (nSPS) is 19.3. The van der Waals surface area contributed by atoms with Crippen LogP contribution in [0.15, 0.2) is 34.9 Å². The molecule has 26 heavy (non-hydrogen) atoms. The molecule has 1 aromatic heterocycles. The lowest BCUT2D eigenvalue weighted by molar-refractivity contribution is -0.137. The van der Waals surface area contributed by atoms with E-state index in [1.54, 1.807) is 29.2 Å². The second kappa shape index (κ2) is 6.23. The van der Waals surface area contributed by atoms with Crippen molar-refractivity contribution in [3.63, 3.8) is 0 Å². The topological polar surface area (TPSA) is 89.4 Å². The molecule has 1 aliphatic heterocycles. The Hall–Kier alpha value is -2.70. The summed E-state index contributed by atoms with van der Waals surface area (Å²) in [5, 5.41) is 4.06. The van der Waals surface area contributed by atoms with Crippen molar-refractivity contribution in [1.29, 1.82) is 0 Å². The van der Waals surface area contributed by atoms with E-state index in [2.05, 4.69) is 5.16 Å². The highest BCUT2D eigenvalue weighted by molar-refractivity contribution is 5.91. The zero-order valence-electron chi connectivity index (χ0n) is 14.3. The van der Waals surface area contributed by atoms with Gasteiger partial charge in [-0.15, -0.1) is 0 Å². The van der Waals surface area contributed by atoms with Crippen molar-refractivity contribution in [3.8, 4) is 11.3 Å². The molecule has 2 aliphatic rings. The third kappa shape index (κ3) is 2.77. The maximum absolute atomic E-state index is 13.9. The molecular formula is C19H20FN3O3. The van der Waals surface area contributed by atoms with Crippen LogP contribution in [-0.2, 0) is 15.0 Å². The summed E-state index contributed by atoms with van der Waals surface area (Å²) in [6, 6.07) is 7.98. The number of rotatable bonds is 4. The summed E-state index contributed by atoms with van der Waals surface area (Å²) in [7, 11) is 0. The molecule has 2 heterocycles. The zero-order chi connectivity index (χ0) is 18.3. The molecule has 2 fully saturated rings. The van der Waals surface area contributed by atoms with E-state index in [0.29, 0.717) is 55.8 Å². The Labute approximate surface area is 150 Å². The summed E-state index contributed by atoms with van der Waals surface area (Å²) in [6.45, 7) is 1.04. The van der Waals surface area contributed by atoms with Gasteiger partial charge in [0, 0.05) is 25.1 Å². The Morgan fingerprint density at radius 3 is 2.54 bits per heavy atom. The Morgan fingerprint density at radius 1 is 1.23 bits per heavy atom. The Kier molecular flexibility index (Phi) is 4.01. The van der Waals surface area contributed by atoms with Gasteiger partial charge >= 0.3 is 0 Å². The molecule has 7 heteroatoms. The number of carbonyl (C=O) groups is 2. The fourth-order valence-electron chi connectivity index (χ4n) is 3.66. The van der Waals surface area contributed by atoms with Crippen LogP contribution in [0.5, 0.6) is 0 Å². The number of amides is 2. The number of halogens is 1. The number of nitrogens with zero attached hydrogens (tertiary/aromatic N) is 2. The lowest BCUT2D eigenvalue weighted by Crippen LogP contribution is -2.46. The fourth-order valence-corrected chi connectivity index (χ4v) is 3.66. The van der Waals surface area contributed by atoms with Gasteiger partial charge in [-0.1, -0.05) is 17.3 Å². The van der Waals surface area contributed by atoms with Crippen molar-refractivity contribution < 1.29 is 18.5 Å². The monoisotopic (exact) mass is 357 g/mol. The Morgan fingerprint density at radius 2 is 1.92 bits per heavy atom. The van der Waals surface area contributed by atoms with E-state index >= 15 is 0 Å². The van der Waals surface area contributed by atoms with Gasteiger partial charge in [-0.3, -0.25) is 9.59 Å². The van der Waals surface area contributed by atoms with Crippen LogP contribution in [0.25, 0.3) is 11.3 Å². The van der Waals surface area contributed by atoms with E-state index in [4.69, 9.17) is 10.3 Å². The third-order valence-electron chi connectivity index (χ3n) is 5.48. The van der Waals surface area contributed by atoms with Crippen molar-refractivity contribution in [1.82, 2.24) is 10.1 Å². The van der Waals surface area contributed by atoms with Crippen LogP contribution in [0, 0.1) is 11.7 Å². The van der Waals surface area contributed by atoms with Crippen molar-refractivity contribution in [2.45, 2.75) is 31.1 Å². The molecule has 4 rings (SSSR count). The first-order chi connectivity index (χ1) is 12.5. The van der Waals surface area contributed by atoms with Gasteiger partial charge in [0.25, 0.3) is 0 Å². The number of aromatic nitrogens is 1. The van der Waals surface area contributed by atoms with Gasteiger partial charge in [-0.25, -0.2) is 4.39 Å². The molecule has 0 spiro atoms. The molecular weight excluding hydrogens is 337 g/mol. The summed E-state index contributed by atoms with van der Waals surface area (Å²) in [5.74, 6) is -0.517. The maximum Gasteiger partial charge on any atom is 0.234 e. The average Bonchev–Trinajstić information content (AvgIpc) is 3.32. The molecule has 0 atom stereocenters.